The van der Waals surface area contributed by atoms with E-state index in [1.165, 1.54) is 148 Å². The number of allylic oxidation sites excluding steroid dienone is 12. The average Bonchev–Trinajstić information content (AvgIpc) is 3.54. The quantitative estimate of drug-likeness (QED) is 0.0228. The molecule has 81 heavy (non-hydrogen) atoms. The number of carbonyl (C=O) groups excluding carboxylic acids is 3. The molecular weight excluding hydrogens is 1020 g/mol. The van der Waals surface area contributed by atoms with Crippen molar-refractivity contribution in [2.45, 2.75) is 327 Å². The zero-order chi connectivity index (χ0) is 58.9. The molecule has 0 aliphatic carbocycles. The van der Waals surface area contributed by atoms with Gasteiger partial charge in [-0.1, -0.05) is 267 Å². The van der Waals surface area contributed by atoms with Crippen LogP contribution >= 0.6 is 0 Å². The maximum absolute atomic E-state index is 13.1. The van der Waals surface area contributed by atoms with Gasteiger partial charge in [-0.05, 0) is 77.0 Å². The van der Waals surface area contributed by atoms with Crippen LogP contribution in [0, 0.1) is 0 Å². The average molecular weight is 1140 g/mol. The van der Waals surface area contributed by atoms with Crippen molar-refractivity contribution in [3.63, 3.8) is 0 Å². The number of carbonyl (C=O) groups is 4. The Morgan fingerprint density at radius 3 is 1.26 bits per heavy atom. The lowest BCUT2D eigenvalue weighted by Gasteiger charge is -2.40. The van der Waals surface area contributed by atoms with Gasteiger partial charge < -0.3 is 39.0 Å². The molecule has 1 heterocycles. The van der Waals surface area contributed by atoms with Crippen LogP contribution < -0.4 is 0 Å². The molecule has 12 heteroatoms. The molecule has 0 saturated carbocycles. The number of ether oxygens (including phenoxy) is 5. The predicted octanol–water partition coefficient (Wildman–Crippen LogP) is 17.7. The van der Waals surface area contributed by atoms with Crippen molar-refractivity contribution >= 4 is 23.9 Å². The second kappa shape index (κ2) is 56.6. The summed E-state index contributed by atoms with van der Waals surface area (Å²) >= 11 is 0. The van der Waals surface area contributed by atoms with Crippen molar-refractivity contribution < 1.29 is 58.2 Å². The zero-order valence-electron chi connectivity index (χ0n) is 51.5. The van der Waals surface area contributed by atoms with Crippen molar-refractivity contribution in [2.24, 2.45) is 0 Å². The zero-order valence-corrected chi connectivity index (χ0v) is 51.5. The molecule has 0 aromatic carbocycles. The molecule has 0 radical (unpaired) electrons. The van der Waals surface area contributed by atoms with Gasteiger partial charge in [-0.25, -0.2) is 4.79 Å². The van der Waals surface area contributed by atoms with E-state index in [9.17, 15) is 34.5 Å². The number of rotatable bonds is 56. The number of aliphatic hydroxyl groups excluding tert-OH is 2. The maximum atomic E-state index is 13.1. The van der Waals surface area contributed by atoms with Gasteiger partial charge in [-0.3, -0.25) is 14.4 Å². The highest BCUT2D eigenvalue weighted by atomic mass is 16.7. The monoisotopic (exact) mass is 1140 g/mol. The van der Waals surface area contributed by atoms with E-state index in [1.54, 1.807) is 0 Å². The van der Waals surface area contributed by atoms with E-state index in [-0.39, 0.29) is 25.9 Å². The molecule has 0 aromatic heterocycles. The first-order chi connectivity index (χ1) is 39.6. The van der Waals surface area contributed by atoms with E-state index in [0.29, 0.717) is 25.7 Å². The number of esters is 3. The van der Waals surface area contributed by atoms with Gasteiger partial charge in [0, 0.05) is 19.3 Å². The Balaban J connectivity index is 2.64. The van der Waals surface area contributed by atoms with E-state index >= 15 is 0 Å². The topological polar surface area (TPSA) is 175 Å². The Morgan fingerprint density at radius 1 is 0.420 bits per heavy atom. The summed E-state index contributed by atoms with van der Waals surface area (Å²) in [6, 6.07) is 0. The van der Waals surface area contributed by atoms with Crippen LogP contribution in [0.25, 0.3) is 0 Å². The van der Waals surface area contributed by atoms with E-state index in [2.05, 4.69) is 81.5 Å². The minimum absolute atomic E-state index is 0.0407. The van der Waals surface area contributed by atoms with Gasteiger partial charge >= 0.3 is 23.9 Å². The van der Waals surface area contributed by atoms with Gasteiger partial charge in [0.15, 0.2) is 24.6 Å². The number of hydrogen-bond donors (Lipinski definition) is 3. The fourth-order valence-corrected chi connectivity index (χ4v) is 9.77. The van der Waals surface area contributed by atoms with Crippen molar-refractivity contribution in [2.75, 3.05) is 13.2 Å². The molecule has 466 valence electrons. The summed E-state index contributed by atoms with van der Waals surface area (Å²) in [5, 5.41) is 31.6. The Kier molecular flexibility index (Phi) is 52.6. The van der Waals surface area contributed by atoms with Crippen molar-refractivity contribution in [3.05, 3.63) is 72.9 Å². The molecule has 1 aliphatic rings. The molecule has 1 rings (SSSR count). The first-order valence-electron chi connectivity index (χ1n) is 32.9. The molecule has 6 atom stereocenters. The third-order valence-electron chi connectivity index (χ3n) is 14.8. The van der Waals surface area contributed by atoms with Crippen LogP contribution in [-0.4, -0.2) is 89.2 Å². The molecule has 1 saturated heterocycles. The third-order valence-corrected chi connectivity index (χ3v) is 14.8. The normalized spacial score (nSPS) is 18.2. The summed E-state index contributed by atoms with van der Waals surface area (Å²) in [5.41, 5.74) is 0. The molecule has 6 unspecified atom stereocenters. The molecule has 0 amide bonds. The second-order valence-corrected chi connectivity index (χ2v) is 22.4. The van der Waals surface area contributed by atoms with Gasteiger partial charge in [0.1, 0.15) is 18.8 Å². The molecule has 0 bridgehead atoms. The maximum Gasteiger partial charge on any atom is 0.335 e. The van der Waals surface area contributed by atoms with Gasteiger partial charge in [-0.15, -0.1) is 0 Å². The van der Waals surface area contributed by atoms with Gasteiger partial charge in [0.25, 0.3) is 0 Å². The third kappa shape index (κ3) is 46.3. The Hall–Kier alpha value is -3.84. The first-order valence-corrected chi connectivity index (χ1v) is 32.9. The summed E-state index contributed by atoms with van der Waals surface area (Å²) in [4.78, 5) is 51.3. The number of hydrogen-bond acceptors (Lipinski definition) is 11. The summed E-state index contributed by atoms with van der Waals surface area (Å²) < 4.78 is 28.4. The molecule has 0 spiro atoms. The summed E-state index contributed by atoms with van der Waals surface area (Å²) in [7, 11) is 0. The molecule has 3 N–H and O–H groups in total. The van der Waals surface area contributed by atoms with E-state index < -0.39 is 67.3 Å². The van der Waals surface area contributed by atoms with Crippen LogP contribution in [0.4, 0.5) is 0 Å². The number of aliphatic carboxylic acids is 1. The smallest absolute Gasteiger partial charge is 0.335 e. The highest BCUT2D eigenvalue weighted by molar-refractivity contribution is 5.74. The van der Waals surface area contributed by atoms with Crippen molar-refractivity contribution in [1.29, 1.82) is 0 Å². The van der Waals surface area contributed by atoms with E-state index in [0.717, 1.165) is 77.0 Å². The Morgan fingerprint density at radius 2 is 0.802 bits per heavy atom. The number of unbranched alkanes of at least 4 members (excludes halogenated alkanes) is 30. The standard InChI is InChI=1S/C69H118O12/c1-4-7-10-13-16-19-22-25-27-29-31-33-35-38-40-43-46-49-52-55-61(70)77-58-60(79-62(71)56-53-50-47-44-41-37-24-21-18-15-12-9-6-3)59-78-69-67(65(74)64(73)66(81-69)68(75)76)80-63(72)57-54-51-48-45-42-39-36-34-32-30-28-26-23-20-17-14-11-8-5-2/h9,12,16,18-19,21,25,27,37,41,47,50,60,64-67,69,73-74H,4-8,10-11,13-15,17,20,22-24,26,28-36,38-40,42-46,48-49,51-59H2,1-3H3,(H,75,76)/b12-9-,19-16-,21-18-,27-25-,41-37-,50-47-. The van der Waals surface area contributed by atoms with Crippen LogP contribution in [0.3, 0.4) is 0 Å². The fourth-order valence-electron chi connectivity index (χ4n) is 9.77. The molecular formula is C69H118O12. The van der Waals surface area contributed by atoms with Crippen LogP contribution in [0.1, 0.15) is 290 Å². The lowest BCUT2D eigenvalue weighted by molar-refractivity contribution is -0.301. The van der Waals surface area contributed by atoms with Gasteiger partial charge in [0.05, 0.1) is 6.61 Å². The molecule has 1 fully saturated rings. The van der Waals surface area contributed by atoms with Gasteiger partial charge in [0.2, 0.25) is 0 Å². The second-order valence-electron chi connectivity index (χ2n) is 22.4. The minimum Gasteiger partial charge on any atom is -0.479 e. The molecule has 0 aromatic rings. The Labute approximate surface area is 493 Å². The molecule has 12 nitrogen and oxygen atoms in total. The number of carboxylic acids is 1. The van der Waals surface area contributed by atoms with Crippen LogP contribution in [0.15, 0.2) is 72.9 Å². The van der Waals surface area contributed by atoms with Crippen LogP contribution in [0.5, 0.6) is 0 Å². The SMILES string of the molecule is CC/C=C\C/C=C\C/C=C\C/C=C\CCC(=O)OC(COC(=O)CCCCCCCCCCC/C=C\C/C=C\CCCCC)COC1OC(C(=O)O)C(O)C(O)C1OC(=O)CCCCCCCCCCCCCCCCCCCCC. The first kappa shape index (κ1) is 75.2. The van der Waals surface area contributed by atoms with Crippen molar-refractivity contribution in [1.82, 2.24) is 0 Å². The summed E-state index contributed by atoms with van der Waals surface area (Å²) in [6.45, 7) is 5.83. The number of aliphatic hydroxyl groups is 2. The van der Waals surface area contributed by atoms with Crippen LogP contribution in [-0.2, 0) is 42.9 Å². The fraction of sp³-hybridized carbons (Fsp3) is 0.768. The lowest BCUT2D eigenvalue weighted by Crippen LogP contribution is -2.61. The Bertz CT molecular complexity index is 1680. The van der Waals surface area contributed by atoms with E-state index in [1.807, 2.05) is 12.2 Å². The van der Waals surface area contributed by atoms with Gasteiger partial charge in [-0.2, -0.15) is 0 Å². The largest absolute Gasteiger partial charge is 0.479 e. The minimum atomic E-state index is -1.91. The molecule has 1 aliphatic heterocycles. The lowest BCUT2D eigenvalue weighted by atomic mass is 9.98. The van der Waals surface area contributed by atoms with E-state index in [4.69, 9.17) is 23.7 Å². The number of carboxylic acid groups (broad SMARTS) is 1. The summed E-state index contributed by atoms with van der Waals surface area (Å²) in [5.74, 6) is -3.22. The predicted molar refractivity (Wildman–Crippen MR) is 331 cm³/mol. The van der Waals surface area contributed by atoms with Crippen molar-refractivity contribution in [3.8, 4) is 0 Å². The highest BCUT2D eigenvalue weighted by Crippen LogP contribution is 2.27. The van der Waals surface area contributed by atoms with Crippen LogP contribution in [0.2, 0.25) is 0 Å². The highest BCUT2D eigenvalue weighted by Gasteiger charge is 2.50. The summed E-state index contributed by atoms with van der Waals surface area (Å²) in [6.07, 6.45) is 60.3.